The van der Waals surface area contributed by atoms with Crippen LogP contribution in [0.25, 0.3) is 65.9 Å². The summed E-state index contributed by atoms with van der Waals surface area (Å²) in [4.78, 5) is 0. The average molecular weight is 451 g/mol. The molecule has 35 heavy (non-hydrogen) atoms. The first kappa shape index (κ1) is 20.0. The van der Waals surface area contributed by atoms with Crippen LogP contribution in [0.4, 0.5) is 0 Å². The molecular weight excluding hydrogens is 426 g/mol. The van der Waals surface area contributed by atoms with Gasteiger partial charge in [-0.05, 0) is 57.8 Å². The van der Waals surface area contributed by atoms with Gasteiger partial charge in [0.25, 0.3) is 0 Å². The Kier molecular flexibility index (Phi) is 4.31. The second kappa shape index (κ2) is 7.54. The summed E-state index contributed by atoms with van der Waals surface area (Å²) in [5.74, 6) is 0. The monoisotopic (exact) mass is 450 g/mol. The van der Waals surface area contributed by atoms with Crippen LogP contribution >= 0.6 is 0 Å². The van der Waals surface area contributed by atoms with E-state index in [-0.39, 0.29) is 0 Å². The predicted octanol–water partition coefficient (Wildman–Crippen LogP) is 8.36. The lowest BCUT2D eigenvalue weighted by atomic mass is 9.92. The third-order valence-corrected chi connectivity index (χ3v) is 7.24. The fraction of sp³-hybridized carbons (Fsp3) is 0.0606. The summed E-state index contributed by atoms with van der Waals surface area (Å²) in [6, 6.07) is 36.8. The van der Waals surface area contributed by atoms with Crippen LogP contribution in [0.15, 0.2) is 114 Å². The summed E-state index contributed by atoms with van der Waals surface area (Å²) in [7, 11) is 2.10. The van der Waals surface area contributed by atoms with Crippen molar-refractivity contribution in [3.8, 4) is 22.4 Å². The number of hydrogen-bond acceptors (Lipinski definition) is 1. The number of para-hydroxylation sites is 1. The molecule has 0 unspecified atom stereocenters. The third kappa shape index (κ3) is 2.93. The van der Waals surface area contributed by atoms with Crippen LogP contribution in [0.2, 0.25) is 0 Å². The SMILES string of the molecule is Cc1ccc2oc3c(-c4cc5ccccc5c5ccccc45)cccc3c2c1-c1cccc[n+]1C. The molecule has 0 atom stereocenters. The van der Waals surface area contributed by atoms with Gasteiger partial charge in [0, 0.05) is 28.5 Å². The molecular formula is C33H24NO+. The van der Waals surface area contributed by atoms with Crippen molar-refractivity contribution >= 4 is 43.5 Å². The fourth-order valence-electron chi connectivity index (χ4n) is 5.60. The van der Waals surface area contributed by atoms with Crippen LogP contribution < -0.4 is 4.57 Å². The first-order valence-electron chi connectivity index (χ1n) is 12.0. The molecule has 0 N–H and O–H groups in total. The molecule has 0 saturated carbocycles. The lowest BCUT2D eigenvalue weighted by Gasteiger charge is -2.11. The molecule has 0 aliphatic rings. The van der Waals surface area contributed by atoms with E-state index in [0.717, 1.165) is 22.1 Å². The number of aryl methyl sites for hydroxylation is 2. The number of aromatic nitrogens is 1. The molecule has 0 aliphatic carbocycles. The first-order chi connectivity index (χ1) is 17.2. The summed E-state index contributed by atoms with van der Waals surface area (Å²) in [6.45, 7) is 2.18. The van der Waals surface area contributed by atoms with Gasteiger partial charge in [0.1, 0.15) is 18.2 Å². The van der Waals surface area contributed by atoms with Crippen LogP contribution in [0.5, 0.6) is 0 Å². The normalized spacial score (nSPS) is 11.7. The summed E-state index contributed by atoms with van der Waals surface area (Å²) in [6.07, 6.45) is 2.10. The van der Waals surface area contributed by atoms with Crippen molar-refractivity contribution in [2.45, 2.75) is 6.92 Å². The van der Waals surface area contributed by atoms with Gasteiger partial charge in [-0.25, -0.2) is 4.57 Å². The molecule has 0 spiro atoms. The van der Waals surface area contributed by atoms with E-state index >= 15 is 0 Å². The average Bonchev–Trinajstić information content (AvgIpc) is 3.28. The second-order valence-electron chi connectivity index (χ2n) is 9.30. The van der Waals surface area contributed by atoms with E-state index < -0.39 is 0 Å². The maximum atomic E-state index is 6.65. The molecule has 2 heteroatoms. The highest BCUT2D eigenvalue weighted by Crippen LogP contribution is 2.43. The number of hydrogen-bond donors (Lipinski definition) is 0. The molecule has 2 heterocycles. The van der Waals surface area contributed by atoms with Gasteiger partial charge in [-0.3, -0.25) is 0 Å². The highest BCUT2D eigenvalue weighted by molar-refractivity contribution is 6.19. The third-order valence-electron chi connectivity index (χ3n) is 7.24. The topological polar surface area (TPSA) is 17.0 Å². The molecule has 0 fully saturated rings. The minimum Gasteiger partial charge on any atom is -0.455 e. The highest BCUT2D eigenvalue weighted by Gasteiger charge is 2.22. The Morgan fingerprint density at radius 2 is 1.37 bits per heavy atom. The number of rotatable bonds is 2. The Bertz CT molecular complexity index is 1930. The molecule has 0 amide bonds. The van der Waals surface area contributed by atoms with Crippen LogP contribution in [0.3, 0.4) is 0 Å². The highest BCUT2D eigenvalue weighted by atomic mass is 16.3. The number of nitrogens with zero attached hydrogens (tertiary/aromatic N) is 1. The standard InChI is InChI=1S/C33H24NO/c1-21-17-18-30-32(31(21)29-16-7-8-19-34(29)2)27-15-9-14-26(33(27)35-30)28-20-22-10-3-4-11-23(22)24-12-5-6-13-25(24)28/h3-20H,1-2H3/q+1. The van der Waals surface area contributed by atoms with E-state index in [0.29, 0.717) is 0 Å². The van der Waals surface area contributed by atoms with Crippen molar-refractivity contribution in [1.29, 1.82) is 0 Å². The molecule has 0 aliphatic heterocycles. The fourth-order valence-corrected chi connectivity index (χ4v) is 5.60. The molecule has 2 aromatic heterocycles. The maximum Gasteiger partial charge on any atom is 0.213 e. The Morgan fingerprint density at radius 1 is 0.629 bits per heavy atom. The lowest BCUT2D eigenvalue weighted by Crippen LogP contribution is -2.30. The summed E-state index contributed by atoms with van der Waals surface area (Å²) < 4.78 is 8.83. The summed E-state index contributed by atoms with van der Waals surface area (Å²) >= 11 is 0. The Morgan fingerprint density at radius 3 is 2.23 bits per heavy atom. The molecule has 7 aromatic rings. The number of benzene rings is 5. The van der Waals surface area contributed by atoms with Crippen LogP contribution in [0.1, 0.15) is 5.56 Å². The first-order valence-corrected chi connectivity index (χ1v) is 12.0. The molecule has 0 radical (unpaired) electrons. The van der Waals surface area contributed by atoms with Gasteiger partial charge >= 0.3 is 0 Å². The quantitative estimate of drug-likeness (QED) is 0.191. The number of furan rings is 1. The minimum atomic E-state index is 0.919. The van der Waals surface area contributed by atoms with Gasteiger partial charge in [0.15, 0.2) is 6.20 Å². The molecule has 166 valence electrons. The molecule has 0 saturated heterocycles. The van der Waals surface area contributed by atoms with Crippen LogP contribution in [0, 0.1) is 6.92 Å². The van der Waals surface area contributed by atoms with E-state index in [2.05, 4.69) is 128 Å². The largest absolute Gasteiger partial charge is 0.455 e. The molecule has 0 bridgehead atoms. The van der Waals surface area contributed by atoms with Crippen molar-refractivity contribution in [3.05, 3.63) is 115 Å². The smallest absolute Gasteiger partial charge is 0.213 e. The molecule has 7 rings (SSSR count). The summed E-state index contributed by atoms with van der Waals surface area (Å²) in [5.41, 5.74) is 7.83. The van der Waals surface area contributed by atoms with E-state index in [1.807, 2.05) is 0 Å². The number of pyridine rings is 1. The molecule has 2 nitrogen and oxygen atoms in total. The number of fused-ring (bicyclic) bond motifs is 6. The van der Waals surface area contributed by atoms with Gasteiger partial charge in [-0.15, -0.1) is 0 Å². The molecule has 5 aromatic carbocycles. The Labute approximate surface area is 203 Å². The zero-order valence-corrected chi connectivity index (χ0v) is 19.7. The Balaban J connectivity index is 1.61. The Hall–Kier alpha value is -4.43. The summed E-state index contributed by atoms with van der Waals surface area (Å²) in [5, 5.41) is 7.35. The van der Waals surface area contributed by atoms with E-state index in [9.17, 15) is 0 Å². The van der Waals surface area contributed by atoms with Gasteiger partial charge in [-0.1, -0.05) is 72.8 Å². The zero-order valence-electron chi connectivity index (χ0n) is 19.7. The second-order valence-corrected chi connectivity index (χ2v) is 9.30. The van der Waals surface area contributed by atoms with E-state index in [1.54, 1.807) is 0 Å². The predicted molar refractivity (Wildman–Crippen MR) is 146 cm³/mol. The lowest BCUT2D eigenvalue weighted by molar-refractivity contribution is -0.660. The van der Waals surface area contributed by atoms with Gasteiger partial charge in [0.2, 0.25) is 5.69 Å². The van der Waals surface area contributed by atoms with Crippen molar-refractivity contribution in [2.75, 3.05) is 0 Å². The van der Waals surface area contributed by atoms with Gasteiger partial charge < -0.3 is 4.42 Å². The van der Waals surface area contributed by atoms with E-state index in [1.165, 1.54) is 49.3 Å². The zero-order chi connectivity index (χ0) is 23.5. The minimum absolute atomic E-state index is 0.919. The van der Waals surface area contributed by atoms with Crippen molar-refractivity contribution in [1.82, 2.24) is 0 Å². The van der Waals surface area contributed by atoms with Crippen molar-refractivity contribution in [2.24, 2.45) is 7.05 Å². The van der Waals surface area contributed by atoms with E-state index in [4.69, 9.17) is 4.42 Å². The van der Waals surface area contributed by atoms with Crippen LogP contribution in [-0.2, 0) is 7.05 Å². The van der Waals surface area contributed by atoms with Gasteiger partial charge in [0.05, 0.1) is 5.56 Å². The van der Waals surface area contributed by atoms with Crippen molar-refractivity contribution < 1.29 is 8.98 Å². The van der Waals surface area contributed by atoms with Crippen LogP contribution in [-0.4, -0.2) is 0 Å². The maximum absolute atomic E-state index is 6.65. The van der Waals surface area contributed by atoms with Crippen molar-refractivity contribution in [3.63, 3.8) is 0 Å². The van der Waals surface area contributed by atoms with Gasteiger partial charge in [-0.2, -0.15) is 0 Å².